The molecule has 1 saturated carbocycles. The quantitative estimate of drug-likeness (QED) is 0.705. The number of hydrogen-bond donors (Lipinski definition) is 0. The van der Waals surface area contributed by atoms with Crippen LogP contribution in [0.2, 0.25) is 0 Å². The van der Waals surface area contributed by atoms with E-state index in [1.54, 1.807) is 11.1 Å². The molecule has 3 rings (SSSR count). The molecule has 1 aromatic carbocycles. The summed E-state index contributed by atoms with van der Waals surface area (Å²) in [7, 11) is 0. The summed E-state index contributed by atoms with van der Waals surface area (Å²) in [6, 6.07) is 8.07. The lowest BCUT2D eigenvalue weighted by atomic mass is 9.91. The van der Waals surface area contributed by atoms with Gasteiger partial charge in [-0.25, -0.2) is 0 Å². The lowest BCUT2D eigenvalue weighted by Gasteiger charge is -2.37. The van der Waals surface area contributed by atoms with Gasteiger partial charge in [0, 0.05) is 17.9 Å². The molecular formula is C17H24BrN. The molecule has 1 nitrogen and oxygen atoms in total. The van der Waals surface area contributed by atoms with Gasteiger partial charge in [-0.3, -0.25) is 4.90 Å². The Bertz CT molecular complexity index is 425. The molecule has 104 valence electrons. The summed E-state index contributed by atoms with van der Waals surface area (Å²) >= 11 is 3.57. The molecule has 0 atom stereocenters. The molecule has 1 fully saturated rings. The third-order valence-corrected chi connectivity index (χ3v) is 5.28. The molecule has 2 aliphatic rings. The van der Waals surface area contributed by atoms with Crippen molar-refractivity contribution in [1.29, 1.82) is 0 Å². The van der Waals surface area contributed by atoms with E-state index < -0.39 is 0 Å². The fraction of sp³-hybridized carbons (Fsp3) is 0.647. The SMILES string of the molecule is BrCCCN(Cc1ccc2c(c1)CCC2)C1CCC1. The van der Waals surface area contributed by atoms with Crippen molar-refractivity contribution in [1.82, 2.24) is 4.90 Å². The molecule has 2 aliphatic carbocycles. The lowest BCUT2D eigenvalue weighted by Crippen LogP contribution is -2.40. The van der Waals surface area contributed by atoms with Gasteiger partial charge in [0.25, 0.3) is 0 Å². The van der Waals surface area contributed by atoms with Crippen LogP contribution in [0.15, 0.2) is 18.2 Å². The molecule has 0 aromatic heterocycles. The van der Waals surface area contributed by atoms with Crippen LogP contribution in [0.5, 0.6) is 0 Å². The highest BCUT2D eigenvalue weighted by Gasteiger charge is 2.24. The number of fused-ring (bicyclic) bond motifs is 1. The maximum absolute atomic E-state index is 3.57. The number of hydrogen-bond acceptors (Lipinski definition) is 1. The van der Waals surface area contributed by atoms with Crippen molar-refractivity contribution < 1.29 is 0 Å². The Labute approximate surface area is 125 Å². The summed E-state index contributed by atoms with van der Waals surface area (Å²) in [6.07, 6.45) is 9.47. The first-order valence-corrected chi connectivity index (χ1v) is 8.89. The predicted octanol–water partition coefficient (Wildman–Crippen LogP) is 4.31. The van der Waals surface area contributed by atoms with Gasteiger partial charge in [0.15, 0.2) is 0 Å². The van der Waals surface area contributed by atoms with Gasteiger partial charge in [-0.2, -0.15) is 0 Å². The third-order valence-electron chi connectivity index (χ3n) is 4.72. The van der Waals surface area contributed by atoms with Gasteiger partial charge < -0.3 is 0 Å². The van der Waals surface area contributed by atoms with E-state index in [1.165, 1.54) is 57.1 Å². The van der Waals surface area contributed by atoms with Crippen molar-refractivity contribution in [3.8, 4) is 0 Å². The van der Waals surface area contributed by atoms with E-state index in [9.17, 15) is 0 Å². The first kappa shape index (κ1) is 13.6. The van der Waals surface area contributed by atoms with E-state index in [1.807, 2.05) is 0 Å². The van der Waals surface area contributed by atoms with E-state index in [0.717, 1.165) is 17.9 Å². The molecule has 0 saturated heterocycles. The Hall–Kier alpha value is -0.340. The summed E-state index contributed by atoms with van der Waals surface area (Å²) in [5.41, 5.74) is 4.74. The Morgan fingerprint density at radius 2 is 1.95 bits per heavy atom. The van der Waals surface area contributed by atoms with E-state index >= 15 is 0 Å². The van der Waals surface area contributed by atoms with Crippen molar-refractivity contribution in [2.24, 2.45) is 0 Å². The highest BCUT2D eigenvalue weighted by molar-refractivity contribution is 9.09. The van der Waals surface area contributed by atoms with Gasteiger partial charge in [0.2, 0.25) is 0 Å². The summed E-state index contributed by atoms with van der Waals surface area (Å²) in [6.45, 7) is 2.40. The minimum absolute atomic E-state index is 0.854. The smallest absolute Gasteiger partial charge is 0.0236 e. The molecule has 0 heterocycles. The van der Waals surface area contributed by atoms with Gasteiger partial charge in [-0.05, 0) is 61.8 Å². The first-order valence-electron chi connectivity index (χ1n) is 7.77. The van der Waals surface area contributed by atoms with Crippen LogP contribution in [-0.2, 0) is 19.4 Å². The van der Waals surface area contributed by atoms with Crippen LogP contribution in [0, 0.1) is 0 Å². The van der Waals surface area contributed by atoms with Crippen LogP contribution in [-0.4, -0.2) is 22.8 Å². The maximum Gasteiger partial charge on any atom is 0.0236 e. The zero-order chi connectivity index (χ0) is 13.1. The zero-order valence-corrected chi connectivity index (χ0v) is 13.3. The lowest BCUT2D eigenvalue weighted by molar-refractivity contribution is 0.120. The predicted molar refractivity (Wildman–Crippen MR) is 84.9 cm³/mol. The molecule has 0 spiro atoms. The topological polar surface area (TPSA) is 3.24 Å². The summed E-state index contributed by atoms with van der Waals surface area (Å²) < 4.78 is 0. The second kappa shape index (κ2) is 6.41. The molecule has 19 heavy (non-hydrogen) atoms. The second-order valence-electron chi connectivity index (χ2n) is 6.05. The number of rotatable bonds is 6. The first-order chi connectivity index (χ1) is 9.36. The van der Waals surface area contributed by atoms with Gasteiger partial charge in [-0.1, -0.05) is 40.5 Å². The molecule has 0 unspecified atom stereocenters. The van der Waals surface area contributed by atoms with Gasteiger partial charge >= 0.3 is 0 Å². The Morgan fingerprint density at radius 1 is 1.11 bits per heavy atom. The van der Waals surface area contributed by atoms with Crippen molar-refractivity contribution >= 4 is 15.9 Å². The Balaban J connectivity index is 1.66. The van der Waals surface area contributed by atoms with Crippen molar-refractivity contribution in [2.45, 2.75) is 57.5 Å². The minimum Gasteiger partial charge on any atom is -0.296 e. The average Bonchev–Trinajstić information content (AvgIpc) is 2.81. The van der Waals surface area contributed by atoms with E-state index in [0.29, 0.717) is 0 Å². The monoisotopic (exact) mass is 321 g/mol. The normalized spacial score (nSPS) is 18.6. The molecule has 0 bridgehead atoms. The van der Waals surface area contributed by atoms with Crippen molar-refractivity contribution in [3.05, 3.63) is 34.9 Å². The van der Waals surface area contributed by atoms with Crippen LogP contribution in [0.1, 0.15) is 48.8 Å². The summed E-state index contributed by atoms with van der Waals surface area (Å²) in [4.78, 5) is 2.71. The molecule has 0 aliphatic heterocycles. The highest BCUT2D eigenvalue weighted by Crippen LogP contribution is 2.28. The fourth-order valence-electron chi connectivity index (χ4n) is 3.36. The third kappa shape index (κ3) is 3.22. The summed E-state index contributed by atoms with van der Waals surface area (Å²) in [5.74, 6) is 0. The van der Waals surface area contributed by atoms with Crippen LogP contribution >= 0.6 is 15.9 Å². The Kier molecular flexibility index (Phi) is 4.60. The number of nitrogens with zero attached hydrogens (tertiary/aromatic N) is 1. The van der Waals surface area contributed by atoms with Gasteiger partial charge in [-0.15, -0.1) is 0 Å². The van der Waals surface area contributed by atoms with E-state index in [-0.39, 0.29) is 0 Å². The number of aryl methyl sites for hydroxylation is 2. The van der Waals surface area contributed by atoms with E-state index in [4.69, 9.17) is 0 Å². The maximum atomic E-state index is 3.57. The standard InChI is InChI=1S/C17H24BrN/c18-10-3-11-19(17-6-2-7-17)13-14-8-9-15-4-1-5-16(15)12-14/h8-9,12,17H,1-7,10-11,13H2. The van der Waals surface area contributed by atoms with Crippen molar-refractivity contribution in [3.63, 3.8) is 0 Å². The summed E-state index contributed by atoms with van der Waals surface area (Å²) in [5, 5.41) is 1.13. The van der Waals surface area contributed by atoms with Crippen molar-refractivity contribution in [2.75, 3.05) is 11.9 Å². The largest absolute Gasteiger partial charge is 0.296 e. The molecule has 0 radical (unpaired) electrons. The molecular weight excluding hydrogens is 298 g/mol. The minimum atomic E-state index is 0.854. The fourth-order valence-corrected chi connectivity index (χ4v) is 3.61. The van der Waals surface area contributed by atoms with Gasteiger partial charge in [0.05, 0.1) is 0 Å². The molecule has 0 N–H and O–H groups in total. The van der Waals surface area contributed by atoms with Crippen LogP contribution in [0.4, 0.5) is 0 Å². The second-order valence-corrected chi connectivity index (χ2v) is 6.85. The van der Waals surface area contributed by atoms with Gasteiger partial charge in [0.1, 0.15) is 0 Å². The number of halogens is 1. The van der Waals surface area contributed by atoms with Crippen LogP contribution < -0.4 is 0 Å². The van der Waals surface area contributed by atoms with E-state index in [2.05, 4.69) is 39.0 Å². The molecule has 0 amide bonds. The zero-order valence-electron chi connectivity index (χ0n) is 11.7. The average molecular weight is 322 g/mol. The number of benzene rings is 1. The highest BCUT2D eigenvalue weighted by atomic mass is 79.9. The Morgan fingerprint density at radius 3 is 2.68 bits per heavy atom. The number of alkyl halides is 1. The van der Waals surface area contributed by atoms with Crippen LogP contribution in [0.25, 0.3) is 0 Å². The van der Waals surface area contributed by atoms with Crippen LogP contribution in [0.3, 0.4) is 0 Å². The molecule has 1 aromatic rings. The molecule has 2 heteroatoms.